The molecule has 2 rings (SSSR count). The molecular formula is C15H21ClF2N2O. The fraction of sp³-hybridized carbons (Fsp3) is 0.533. The van der Waals surface area contributed by atoms with Crippen molar-refractivity contribution in [2.24, 2.45) is 11.8 Å². The lowest BCUT2D eigenvalue weighted by atomic mass is 9.87. The van der Waals surface area contributed by atoms with Crippen LogP contribution >= 0.6 is 12.4 Å². The number of nitrogens with zero attached hydrogens (tertiary/aromatic N) is 1. The van der Waals surface area contributed by atoms with E-state index in [-0.39, 0.29) is 29.8 Å². The zero-order valence-electron chi connectivity index (χ0n) is 12.4. The van der Waals surface area contributed by atoms with E-state index in [1.807, 2.05) is 6.92 Å². The smallest absolute Gasteiger partial charge is 0.226 e. The average Bonchev–Trinajstić information content (AvgIpc) is 2.34. The highest BCUT2D eigenvalue weighted by Crippen LogP contribution is 2.27. The Morgan fingerprint density at radius 1 is 1.29 bits per heavy atom. The third-order valence-electron chi connectivity index (χ3n) is 4.26. The van der Waals surface area contributed by atoms with E-state index >= 15 is 0 Å². The van der Waals surface area contributed by atoms with Gasteiger partial charge in [-0.15, -0.1) is 12.4 Å². The predicted octanol–water partition coefficient (Wildman–Crippen LogP) is 2.76. The molecule has 118 valence electrons. The summed E-state index contributed by atoms with van der Waals surface area (Å²) < 4.78 is 27.5. The van der Waals surface area contributed by atoms with Gasteiger partial charge in [0.15, 0.2) is 0 Å². The van der Waals surface area contributed by atoms with E-state index in [0.29, 0.717) is 5.92 Å². The van der Waals surface area contributed by atoms with Gasteiger partial charge in [0.1, 0.15) is 11.6 Å². The van der Waals surface area contributed by atoms with Crippen LogP contribution < -0.4 is 5.32 Å². The Morgan fingerprint density at radius 2 is 1.81 bits per heavy atom. The lowest BCUT2D eigenvalue weighted by Crippen LogP contribution is -2.50. The topological polar surface area (TPSA) is 32.3 Å². The number of hydrogen-bond donors (Lipinski definition) is 1. The van der Waals surface area contributed by atoms with Crippen molar-refractivity contribution in [3.63, 3.8) is 0 Å². The Hall–Kier alpha value is -1.20. The lowest BCUT2D eigenvalue weighted by molar-refractivity contribution is -0.138. The summed E-state index contributed by atoms with van der Waals surface area (Å²) in [7, 11) is 1.60. The van der Waals surface area contributed by atoms with E-state index in [4.69, 9.17) is 0 Å². The zero-order chi connectivity index (χ0) is 14.9. The van der Waals surface area contributed by atoms with Crippen molar-refractivity contribution in [1.82, 2.24) is 10.2 Å². The van der Waals surface area contributed by atoms with Gasteiger partial charge in [-0.1, -0.05) is 13.0 Å². The van der Waals surface area contributed by atoms with Crippen LogP contribution in [-0.2, 0) is 4.79 Å². The van der Waals surface area contributed by atoms with Gasteiger partial charge in [-0.3, -0.25) is 4.79 Å². The monoisotopic (exact) mass is 318 g/mol. The summed E-state index contributed by atoms with van der Waals surface area (Å²) in [6, 6.07) is 3.13. The Labute approximate surface area is 130 Å². The highest BCUT2D eigenvalue weighted by atomic mass is 35.5. The van der Waals surface area contributed by atoms with Gasteiger partial charge < -0.3 is 10.2 Å². The minimum atomic E-state index is -0.626. The molecule has 0 spiro atoms. The molecule has 1 aliphatic heterocycles. The van der Waals surface area contributed by atoms with E-state index in [1.54, 1.807) is 14.0 Å². The van der Waals surface area contributed by atoms with Crippen LogP contribution in [0.25, 0.3) is 0 Å². The molecule has 2 atom stereocenters. The lowest BCUT2D eigenvalue weighted by Gasteiger charge is -2.36. The standard InChI is InChI=1S/C15H20F2N2O.ClH/c1-9(11-7-18-8-11)15(20)19(3)10(2)14-12(16)5-4-6-13(14)17;/h4-6,9-11,18H,7-8H2,1-3H3;1H. The molecular weight excluding hydrogens is 298 g/mol. The van der Waals surface area contributed by atoms with Crippen LogP contribution in [0.1, 0.15) is 25.5 Å². The molecule has 0 aliphatic carbocycles. The minimum Gasteiger partial charge on any atom is -0.339 e. The van der Waals surface area contributed by atoms with E-state index in [1.165, 1.54) is 23.1 Å². The van der Waals surface area contributed by atoms with E-state index in [2.05, 4.69) is 5.32 Å². The summed E-state index contributed by atoms with van der Waals surface area (Å²) in [6.07, 6.45) is 0. The maximum atomic E-state index is 13.8. The summed E-state index contributed by atoms with van der Waals surface area (Å²) in [5.74, 6) is -1.14. The van der Waals surface area contributed by atoms with Gasteiger partial charge in [-0.25, -0.2) is 8.78 Å². The summed E-state index contributed by atoms with van der Waals surface area (Å²) >= 11 is 0. The molecule has 1 fully saturated rings. The molecule has 1 N–H and O–H groups in total. The molecule has 1 aromatic carbocycles. The van der Waals surface area contributed by atoms with Crippen LogP contribution in [-0.4, -0.2) is 30.9 Å². The fourth-order valence-electron chi connectivity index (χ4n) is 2.48. The van der Waals surface area contributed by atoms with Crippen LogP contribution in [0.5, 0.6) is 0 Å². The summed E-state index contributed by atoms with van der Waals surface area (Å²) in [5, 5.41) is 3.12. The first-order chi connectivity index (χ1) is 9.43. The number of rotatable bonds is 4. The number of nitrogens with one attached hydrogen (secondary N) is 1. The minimum absolute atomic E-state index is 0. The van der Waals surface area contributed by atoms with E-state index in [0.717, 1.165) is 13.1 Å². The average molecular weight is 319 g/mol. The first kappa shape index (κ1) is 17.9. The van der Waals surface area contributed by atoms with Crippen molar-refractivity contribution in [1.29, 1.82) is 0 Å². The number of carbonyl (C=O) groups is 1. The quantitative estimate of drug-likeness (QED) is 0.926. The molecule has 6 heteroatoms. The SMILES string of the molecule is CC(C(=O)N(C)C(C)c1c(F)cccc1F)C1CNC1.Cl. The summed E-state index contributed by atoms with van der Waals surface area (Å²) in [6.45, 7) is 5.16. The molecule has 1 saturated heterocycles. The second kappa shape index (κ2) is 7.18. The van der Waals surface area contributed by atoms with E-state index in [9.17, 15) is 13.6 Å². The second-order valence-electron chi connectivity index (χ2n) is 5.47. The maximum Gasteiger partial charge on any atom is 0.226 e. The number of halogens is 3. The highest BCUT2D eigenvalue weighted by Gasteiger charge is 2.33. The van der Waals surface area contributed by atoms with Crippen LogP contribution in [0.15, 0.2) is 18.2 Å². The number of hydrogen-bond acceptors (Lipinski definition) is 2. The Morgan fingerprint density at radius 3 is 2.24 bits per heavy atom. The van der Waals surface area contributed by atoms with Crippen molar-refractivity contribution in [2.45, 2.75) is 19.9 Å². The van der Waals surface area contributed by atoms with Crippen molar-refractivity contribution >= 4 is 18.3 Å². The third-order valence-corrected chi connectivity index (χ3v) is 4.26. The molecule has 1 amide bonds. The van der Waals surface area contributed by atoms with Crippen LogP contribution in [0.2, 0.25) is 0 Å². The van der Waals surface area contributed by atoms with Crippen molar-refractivity contribution < 1.29 is 13.6 Å². The fourth-order valence-corrected chi connectivity index (χ4v) is 2.48. The van der Waals surface area contributed by atoms with Gasteiger partial charge >= 0.3 is 0 Å². The third kappa shape index (κ3) is 3.52. The number of amides is 1. The van der Waals surface area contributed by atoms with Crippen molar-refractivity contribution in [2.75, 3.05) is 20.1 Å². The second-order valence-corrected chi connectivity index (χ2v) is 5.47. The molecule has 0 radical (unpaired) electrons. The number of benzene rings is 1. The first-order valence-electron chi connectivity index (χ1n) is 6.84. The van der Waals surface area contributed by atoms with Gasteiger partial charge in [-0.2, -0.15) is 0 Å². The predicted molar refractivity (Wildman–Crippen MR) is 80.3 cm³/mol. The van der Waals surface area contributed by atoms with Gasteiger partial charge in [0.2, 0.25) is 5.91 Å². The maximum absolute atomic E-state index is 13.8. The Bertz CT molecular complexity index is 488. The molecule has 0 bridgehead atoms. The normalized spacial score (nSPS) is 17.4. The molecule has 0 aromatic heterocycles. The molecule has 1 aromatic rings. The van der Waals surface area contributed by atoms with Crippen molar-refractivity contribution in [3.05, 3.63) is 35.4 Å². The van der Waals surface area contributed by atoms with Crippen LogP contribution in [0.4, 0.5) is 8.78 Å². The molecule has 2 unspecified atom stereocenters. The van der Waals surface area contributed by atoms with Crippen LogP contribution in [0, 0.1) is 23.5 Å². The zero-order valence-corrected chi connectivity index (χ0v) is 13.2. The van der Waals surface area contributed by atoms with Gasteiger partial charge in [0.05, 0.1) is 6.04 Å². The summed E-state index contributed by atoms with van der Waals surface area (Å²) in [5.41, 5.74) is -0.0534. The van der Waals surface area contributed by atoms with E-state index < -0.39 is 17.7 Å². The molecule has 1 aliphatic rings. The van der Waals surface area contributed by atoms with Gasteiger partial charge in [-0.05, 0) is 38.1 Å². The van der Waals surface area contributed by atoms with Gasteiger partial charge in [0.25, 0.3) is 0 Å². The summed E-state index contributed by atoms with van der Waals surface area (Å²) in [4.78, 5) is 13.8. The molecule has 1 heterocycles. The highest BCUT2D eigenvalue weighted by molar-refractivity contribution is 5.85. The van der Waals surface area contributed by atoms with Gasteiger partial charge in [0, 0.05) is 18.5 Å². The first-order valence-corrected chi connectivity index (χ1v) is 6.84. The molecule has 21 heavy (non-hydrogen) atoms. The van der Waals surface area contributed by atoms with Crippen LogP contribution in [0.3, 0.4) is 0 Å². The molecule has 0 saturated carbocycles. The Balaban J connectivity index is 0.00000220. The number of carbonyl (C=O) groups excluding carboxylic acids is 1. The molecule has 3 nitrogen and oxygen atoms in total. The van der Waals surface area contributed by atoms with Crippen molar-refractivity contribution in [3.8, 4) is 0 Å². The largest absolute Gasteiger partial charge is 0.339 e. The Kier molecular flexibility index (Phi) is 6.10.